The third-order valence-corrected chi connectivity index (χ3v) is 3.82. The van der Waals surface area contributed by atoms with Crippen molar-refractivity contribution in [2.45, 2.75) is 78.7 Å². The van der Waals surface area contributed by atoms with Gasteiger partial charge in [0.1, 0.15) is 5.75 Å². The van der Waals surface area contributed by atoms with Crippen LogP contribution in [0.3, 0.4) is 0 Å². The Morgan fingerprint density at radius 1 is 1.00 bits per heavy atom. The molecule has 0 saturated carbocycles. The molecule has 1 atom stereocenters. The summed E-state index contributed by atoms with van der Waals surface area (Å²) in [6.45, 7) is 9.40. The number of hydrogen-bond donors (Lipinski definition) is 1. The quantitative estimate of drug-likeness (QED) is 0.620. The highest BCUT2D eigenvalue weighted by Gasteiger charge is 2.07. The SMILES string of the molecule is CCCCCCCCOc1c(C)cc(CC(C)N)cc1C. The molecule has 0 aliphatic rings. The summed E-state index contributed by atoms with van der Waals surface area (Å²) in [5, 5.41) is 0. The zero-order valence-corrected chi connectivity index (χ0v) is 14.4. The fraction of sp³-hybridized carbons (Fsp3) is 0.684. The minimum absolute atomic E-state index is 0.207. The fourth-order valence-corrected chi connectivity index (χ4v) is 2.81. The lowest BCUT2D eigenvalue weighted by Gasteiger charge is -2.15. The number of benzene rings is 1. The van der Waals surface area contributed by atoms with Crippen molar-refractivity contribution in [1.29, 1.82) is 0 Å². The summed E-state index contributed by atoms with van der Waals surface area (Å²) in [6.07, 6.45) is 8.73. The Balaban J connectivity index is 2.41. The van der Waals surface area contributed by atoms with Crippen LogP contribution in [0.1, 0.15) is 69.1 Å². The lowest BCUT2D eigenvalue weighted by molar-refractivity contribution is 0.300. The average molecular weight is 291 g/mol. The van der Waals surface area contributed by atoms with Crippen molar-refractivity contribution in [3.8, 4) is 5.75 Å². The van der Waals surface area contributed by atoms with E-state index in [-0.39, 0.29) is 6.04 Å². The molecule has 1 rings (SSSR count). The molecule has 120 valence electrons. The first-order valence-corrected chi connectivity index (χ1v) is 8.53. The smallest absolute Gasteiger partial charge is 0.125 e. The van der Waals surface area contributed by atoms with Crippen LogP contribution >= 0.6 is 0 Å². The van der Waals surface area contributed by atoms with Crippen LogP contribution < -0.4 is 10.5 Å². The van der Waals surface area contributed by atoms with Gasteiger partial charge in [-0.15, -0.1) is 0 Å². The van der Waals surface area contributed by atoms with Crippen LogP contribution in [-0.4, -0.2) is 12.6 Å². The summed E-state index contributed by atoms with van der Waals surface area (Å²) in [7, 11) is 0. The van der Waals surface area contributed by atoms with Crippen LogP contribution in [0.4, 0.5) is 0 Å². The molecule has 0 amide bonds. The second kappa shape index (κ2) is 9.83. The molecule has 2 nitrogen and oxygen atoms in total. The minimum Gasteiger partial charge on any atom is -0.493 e. The summed E-state index contributed by atoms with van der Waals surface area (Å²) < 4.78 is 6.00. The summed E-state index contributed by atoms with van der Waals surface area (Å²) in [4.78, 5) is 0. The third-order valence-electron chi connectivity index (χ3n) is 3.82. The van der Waals surface area contributed by atoms with Gasteiger partial charge >= 0.3 is 0 Å². The molecular weight excluding hydrogens is 258 g/mol. The van der Waals surface area contributed by atoms with Gasteiger partial charge in [-0.2, -0.15) is 0 Å². The normalized spacial score (nSPS) is 12.4. The molecule has 0 heterocycles. The highest BCUT2D eigenvalue weighted by molar-refractivity contribution is 5.43. The van der Waals surface area contributed by atoms with E-state index >= 15 is 0 Å². The molecule has 21 heavy (non-hydrogen) atoms. The first-order chi connectivity index (χ1) is 10.0. The van der Waals surface area contributed by atoms with Gasteiger partial charge in [-0.1, -0.05) is 51.2 Å². The van der Waals surface area contributed by atoms with Crippen LogP contribution in [0.2, 0.25) is 0 Å². The van der Waals surface area contributed by atoms with E-state index in [1.54, 1.807) is 0 Å². The second-order valence-electron chi connectivity index (χ2n) is 6.36. The Labute approximate surface area is 131 Å². The van der Waals surface area contributed by atoms with E-state index < -0.39 is 0 Å². The molecule has 0 saturated heterocycles. The molecule has 0 fully saturated rings. The van der Waals surface area contributed by atoms with Crippen molar-refractivity contribution in [2.75, 3.05) is 6.61 Å². The maximum atomic E-state index is 6.00. The number of rotatable bonds is 10. The summed E-state index contributed by atoms with van der Waals surface area (Å²) in [6, 6.07) is 4.64. The third kappa shape index (κ3) is 6.99. The van der Waals surface area contributed by atoms with Crippen molar-refractivity contribution in [2.24, 2.45) is 5.73 Å². The van der Waals surface area contributed by atoms with Gasteiger partial charge in [-0.05, 0) is 50.3 Å². The monoisotopic (exact) mass is 291 g/mol. The highest BCUT2D eigenvalue weighted by Crippen LogP contribution is 2.25. The van der Waals surface area contributed by atoms with Gasteiger partial charge in [0.2, 0.25) is 0 Å². The maximum Gasteiger partial charge on any atom is 0.125 e. The number of nitrogens with two attached hydrogens (primary N) is 1. The predicted molar refractivity (Wildman–Crippen MR) is 92.1 cm³/mol. The number of ether oxygens (including phenoxy) is 1. The van der Waals surface area contributed by atoms with Gasteiger partial charge < -0.3 is 10.5 Å². The molecule has 2 N–H and O–H groups in total. The largest absolute Gasteiger partial charge is 0.493 e. The van der Waals surface area contributed by atoms with Gasteiger partial charge in [-0.3, -0.25) is 0 Å². The van der Waals surface area contributed by atoms with Crippen molar-refractivity contribution in [3.63, 3.8) is 0 Å². The Hall–Kier alpha value is -1.02. The molecule has 1 aromatic carbocycles. The molecule has 0 aliphatic heterocycles. The Bertz CT molecular complexity index is 389. The van der Waals surface area contributed by atoms with E-state index in [1.165, 1.54) is 48.8 Å². The van der Waals surface area contributed by atoms with Crippen LogP contribution in [0.5, 0.6) is 5.75 Å². The molecule has 0 spiro atoms. The van der Waals surface area contributed by atoms with E-state index in [1.807, 2.05) is 6.92 Å². The minimum atomic E-state index is 0.207. The first-order valence-electron chi connectivity index (χ1n) is 8.53. The summed E-state index contributed by atoms with van der Waals surface area (Å²) >= 11 is 0. The van der Waals surface area contributed by atoms with Gasteiger partial charge in [0.15, 0.2) is 0 Å². The Morgan fingerprint density at radius 2 is 1.57 bits per heavy atom. The molecule has 1 unspecified atom stereocenters. The lowest BCUT2D eigenvalue weighted by Crippen LogP contribution is -2.18. The van der Waals surface area contributed by atoms with Crippen molar-refractivity contribution in [1.82, 2.24) is 0 Å². The zero-order chi connectivity index (χ0) is 15.7. The van der Waals surface area contributed by atoms with E-state index in [9.17, 15) is 0 Å². The van der Waals surface area contributed by atoms with E-state index in [4.69, 9.17) is 10.5 Å². The van der Waals surface area contributed by atoms with Gasteiger partial charge in [0.05, 0.1) is 6.61 Å². The number of unbranched alkanes of at least 4 members (excludes halogenated alkanes) is 5. The number of aryl methyl sites for hydroxylation is 2. The predicted octanol–water partition coefficient (Wildman–Crippen LogP) is 4.93. The molecule has 0 bridgehead atoms. The topological polar surface area (TPSA) is 35.2 Å². The Morgan fingerprint density at radius 3 is 2.14 bits per heavy atom. The highest BCUT2D eigenvalue weighted by atomic mass is 16.5. The van der Waals surface area contributed by atoms with E-state index in [0.717, 1.165) is 25.2 Å². The zero-order valence-electron chi connectivity index (χ0n) is 14.4. The number of hydrogen-bond acceptors (Lipinski definition) is 2. The Kier molecular flexibility index (Phi) is 8.44. The molecule has 0 aliphatic carbocycles. The van der Waals surface area contributed by atoms with Crippen LogP contribution in [0.15, 0.2) is 12.1 Å². The molecule has 0 radical (unpaired) electrons. The average Bonchev–Trinajstić information content (AvgIpc) is 2.39. The summed E-state index contributed by atoms with van der Waals surface area (Å²) in [5.41, 5.74) is 9.66. The lowest BCUT2D eigenvalue weighted by atomic mass is 10.0. The summed E-state index contributed by atoms with van der Waals surface area (Å²) in [5.74, 6) is 1.07. The van der Waals surface area contributed by atoms with E-state index in [2.05, 4.69) is 32.9 Å². The van der Waals surface area contributed by atoms with Crippen LogP contribution in [-0.2, 0) is 6.42 Å². The standard InChI is InChI=1S/C19H33NO/c1-5-6-7-8-9-10-11-21-19-15(2)12-18(13-16(19)3)14-17(4)20/h12-13,17H,5-11,14,20H2,1-4H3. The van der Waals surface area contributed by atoms with Gasteiger partial charge in [0.25, 0.3) is 0 Å². The van der Waals surface area contributed by atoms with E-state index in [0.29, 0.717) is 0 Å². The molecule has 0 aromatic heterocycles. The molecular formula is C19H33NO. The van der Waals surface area contributed by atoms with Gasteiger partial charge in [-0.25, -0.2) is 0 Å². The van der Waals surface area contributed by atoms with Crippen molar-refractivity contribution < 1.29 is 4.74 Å². The maximum absolute atomic E-state index is 6.00. The second-order valence-corrected chi connectivity index (χ2v) is 6.36. The van der Waals surface area contributed by atoms with Gasteiger partial charge in [0, 0.05) is 6.04 Å². The first kappa shape index (κ1) is 18.0. The fourth-order valence-electron chi connectivity index (χ4n) is 2.81. The van der Waals surface area contributed by atoms with Crippen LogP contribution in [0, 0.1) is 13.8 Å². The molecule has 1 aromatic rings. The van der Waals surface area contributed by atoms with Crippen molar-refractivity contribution in [3.05, 3.63) is 28.8 Å². The van der Waals surface area contributed by atoms with Crippen LogP contribution in [0.25, 0.3) is 0 Å². The van der Waals surface area contributed by atoms with Crippen molar-refractivity contribution >= 4 is 0 Å². The molecule has 2 heteroatoms.